The Bertz CT molecular complexity index is 578. The fraction of sp³-hybridized carbons (Fsp3) is 0.231. The van der Waals surface area contributed by atoms with Crippen molar-refractivity contribution in [2.24, 2.45) is 0 Å². The highest BCUT2D eigenvalue weighted by Gasteiger charge is 2.00. The standard InChI is InChI=1S/C13H14BrN3O/c1-10-2-4-11(5-3-10)16-6-7-17-9-15-8-12(14)13(17)18/h2-5,8-9,16H,6-7H2,1H3. The first-order valence-corrected chi connectivity index (χ1v) is 6.46. The van der Waals surface area contributed by atoms with E-state index < -0.39 is 0 Å². The molecule has 4 nitrogen and oxygen atoms in total. The molecule has 2 rings (SSSR count). The fourth-order valence-corrected chi connectivity index (χ4v) is 1.92. The number of halogens is 1. The van der Waals surface area contributed by atoms with Crippen LogP contribution < -0.4 is 10.9 Å². The number of aromatic nitrogens is 2. The molecule has 0 saturated carbocycles. The Hall–Kier alpha value is -1.62. The Labute approximate surface area is 114 Å². The molecular weight excluding hydrogens is 294 g/mol. The molecule has 0 radical (unpaired) electrons. The van der Waals surface area contributed by atoms with Gasteiger partial charge in [-0.3, -0.25) is 9.36 Å². The van der Waals surface area contributed by atoms with Gasteiger partial charge in [-0.05, 0) is 35.0 Å². The molecule has 1 heterocycles. The van der Waals surface area contributed by atoms with E-state index in [1.165, 1.54) is 11.8 Å². The van der Waals surface area contributed by atoms with E-state index in [1.807, 2.05) is 12.1 Å². The lowest BCUT2D eigenvalue weighted by Gasteiger charge is -2.08. The predicted octanol–water partition coefficient (Wildman–Crippen LogP) is 2.43. The second kappa shape index (κ2) is 5.82. The van der Waals surface area contributed by atoms with Gasteiger partial charge in [0.2, 0.25) is 0 Å². The van der Waals surface area contributed by atoms with Crippen LogP contribution in [0.3, 0.4) is 0 Å². The van der Waals surface area contributed by atoms with Crippen LogP contribution in [0.15, 0.2) is 46.1 Å². The van der Waals surface area contributed by atoms with Crippen molar-refractivity contribution in [1.82, 2.24) is 9.55 Å². The molecule has 1 aromatic heterocycles. The third kappa shape index (κ3) is 3.20. The lowest BCUT2D eigenvalue weighted by molar-refractivity contribution is 0.676. The normalized spacial score (nSPS) is 10.3. The van der Waals surface area contributed by atoms with E-state index >= 15 is 0 Å². The molecule has 0 amide bonds. The molecule has 94 valence electrons. The van der Waals surface area contributed by atoms with Crippen molar-refractivity contribution >= 4 is 21.6 Å². The number of nitrogens with zero attached hydrogens (tertiary/aromatic N) is 2. The topological polar surface area (TPSA) is 46.9 Å². The Kier molecular flexibility index (Phi) is 4.15. The maximum Gasteiger partial charge on any atom is 0.267 e. The molecule has 18 heavy (non-hydrogen) atoms. The first-order chi connectivity index (χ1) is 8.66. The van der Waals surface area contributed by atoms with Gasteiger partial charge in [0, 0.05) is 25.0 Å². The summed E-state index contributed by atoms with van der Waals surface area (Å²) in [6.07, 6.45) is 3.05. The first-order valence-electron chi connectivity index (χ1n) is 5.67. The van der Waals surface area contributed by atoms with Crippen LogP contribution in [0.2, 0.25) is 0 Å². The summed E-state index contributed by atoms with van der Waals surface area (Å²) in [5.41, 5.74) is 2.22. The molecule has 0 bridgehead atoms. The number of aryl methyl sites for hydroxylation is 1. The number of anilines is 1. The van der Waals surface area contributed by atoms with Crippen molar-refractivity contribution in [3.63, 3.8) is 0 Å². The molecule has 0 aliphatic rings. The molecule has 5 heteroatoms. The lowest BCUT2D eigenvalue weighted by atomic mass is 10.2. The van der Waals surface area contributed by atoms with Gasteiger partial charge >= 0.3 is 0 Å². The average Bonchev–Trinajstić information content (AvgIpc) is 2.37. The second-order valence-corrected chi connectivity index (χ2v) is 4.89. The van der Waals surface area contributed by atoms with Crippen molar-refractivity contribution in [1.29, 1.82) is 0 Å². The van der Waals surface area contributed by atoms with Gasteiger partial charge in [-0.1, -0.05) is 17.7 Å². The third-order valence-electron chi connectivity index (χ3n) is 2.59. The molecular formula is C13H14BrN3O. The SMILES string of the molecule is Cc1ccc(NCCn2cncc(Br)c2=O)cc1. The minimum Gasteiger partial charge on any atom is -0.383 e. The Balaban J connectivity index is 1.94. The van der Waals surface area contributed by atoms with Gasteiger partial charge < -0.3 is 5.32 Å². The van der Waals surface area contributed by atoms with Crippen LogP contribution in [0.1, 0.15) is 5.56 Å². The molecule has 1 N–H and O–H groups in total. The highest BCUT2D eigenvalue weighted by Crippen LogP contribution is 2.07. The van der Waals surface area contributed by atoms with Crippen molar-refractivity contribution < 1.29 is 0 Å². The molecule has 0 spiro atoms. The number of benzene rings is 1. The number of hydrogen-bond donors (Lipinski definition) is 1. The molecule has 0 aliphatic carbocycles. The van der Waals surface area contributed by atoms with E-state index in [0.29, 0.717) is 17.6 Å². The highest BCUT2D eigenvalue weighted by molar-refractivity contribution is 9.10. The molecule has 1 aromatic carbocycles. The van der Waals surface area contributed by atoms with Crippen LogP contribution >= 0.6 is 15.9 Å². The van der Waals surface area contributed by atoms with Gasteiger partial charge in [-0.2, -0.15) is 0 Å². The fourth-order valence-electron chi connectivity index (χ4n) is 1.58. The van der Waals surface area contributed by atoms with Crippen molar-refractivity contribution in [2.75, 3.05) is 11.9 Å². The summed E-state index contributed by atoms with van der Waals surface area (Å²) in [6.45, 7) is 3.32. The zero-order chi connectivity index (χ0) is 13.0. The average molecular weight is 308 g/mol. The first kappa shape index (κ1) is 12.8. The predicted molar refractivity (Wildman–Crippen MR) is 75.9 cm³/mol. The van der Waals surface area contributed by atoms with Crippen LogP contribution in [0.4, 0.5) is 5.69 Å². The zero-order valence-electron chi connectivity index (χ0n) is 10.1. The number of rotatable bonds is 4. The van der Waals surface area contributed by atoms with E-state index in [0.717, 1.165) is 5.69 Å². The van der Waals surface area contributed by atoms with Gasteiger partial charge in [0.25, 0.3) is 5.56 Å². The highest BCUT2D eigenvalue weighted by atomic mass is 79.9. The van der Waals surface area contributed by atoms with Crippen LogP contribution in [-0.4, -0.2) is 16.1 Å². The maximum atomic E-state index is 11.7. The van der Waals surface area contributed by atoms with Gasteiger partial charge in [-0.25, -0.2) is 4.98 Å². The second-order valence-electron chi connectivity index (χ2n) is 4.03. The van der Waals surface area contributed by atoms with E-state index in [-0.39, 0.29) is 5.56 Å². The molecule has 0 saturated heterocycles. The van der Waals surface area contributed by atoms with E-state index in [1.54, 1.807) is 10.9 Å². The summed E-state index contributed by atoms with van der Waals surface area (Å²) >= 11 is 3.17. The van der Waals surface area contributed by atoms with Gasteiger partial charge in [0.05, 0.1) is 6.33 Å². The summed E-state index contributed by atoms with van der Waals surface area (Å²) in [4.78, 5) is 15.7. The van der Waals surface area contributed by atoms with Crippen LogP contribution in [0.5, 0.6) is 0 Å². The van der Waals surface area contributed by atoms with Crippen LogP contribution in [0.25, 0.3) is 0 Å². The zero-order valence-corrected chi connectivity index (χ0v) is 11.6. The van der Waals surface area contributed by atoms with Gasteiger partial charge in [-0.15, -0.1) is 0 Å². The van der Waals surface area contributed by atoms with Crippen LogP contribution in [0, 0.1) is 6.92 Å². The lowest BCUT2D eigenvalue weighted by Crippen LogP contribution is -2.24. The molecule has 0 aliphatic heterocycles. The summed E-state index contributed by atoms with van der Waals surface area (Å²) < 4.78 is 2.06. The maximum absolute atomic E-state index is 11.7. The minimum absolute atomic E-state index is 0.0595. The van der Waals surface area contributed by atoms with E-state index in [4.69, 9.17) is 0 Å². The Morgan fingerprint density at radius 1 is 1.33 bits per heavy atom. The molecule has 2 aromatic rings. The Morgan fingerprint density at radius 3 is 2.78 bits per heavy atom. The van der Waals surface area contributed by atoms with E-state index in [9.17, 15) is 4.79 Å². The summed E-state index contributed by atoms with van der Waals surface area (Å²) in [5.74, 6) is 0. The number of hydrogen-bond acceptors (Lipinski definition) is 3. The minimum atomic E-state index is -0.0595. The molecule has 0 unspecified atom stereocenters. The summed E-state index contributed by atoms with van der Waals surface area (Å²) in [6, 6.07) is 8.15. The van der Waals surface area contributed by atoms with Gasteiger partial charge in [0.15, 0.2) is 0 Å². The largest absolute Gasteiger partial charge is 0.383 e. The quantitative estimate of drug-likeness (QED) is 0.943. The van der Waals surface area contributed by atoms with Crippen molar-refractivity contribution in [2.45, 2.75) is 13.5 Å². The van der Waals surface area contributed by atoms with Gasteiger partial charge in [0.1, 0.15) is 4.47 Å². The molecule has 0 atom stereocenters. The van der Waals surface area contributed by atoms with Crippen LogP contribution in [-0.2, 0) is 6.54 Å². The monoisotopic (exact) mass is 307 g/mol. The molecule has 0 fully saturated rings. The van der Waals surface area contributed by atoms with E-state index in [2.05, 4.69) is 45.3 Å². The smallest absolute Gasteiger partial charge is 0.267 e. The van der Waals surface area contributed by atoms with Crippen molar-refractivity contribution in [3.05, 3.63) is 57.2 Å². The summed E-state index contributed by atoms with van der Waals surface area (Å²) in [7, 11) is 0. The summed E-state index contributed by atoms with van der Waals surface area (Å²) in [5, 5.41) is 3.26. The van der Waals surface area contributed by atoms with Crippen molar-refractivity contribution in [3.8, 4) is 0 Å². The number of nitrogens with one attached hydrogen (secondary N) is 1. The Morgan fingerprint density at radius 2 is 2.06 bits per heavy atom. The third-order valence-corrected chi connectivity index (χ3v) is 3.14.